The first-order valence-corrected chi connectivity index (χ1v) is 11.3. The Morgan fingerprint density at radius 3 is 2.31 bits per heavy atom. The summed E-state index contributed by atoms with van der Waals surface area (Å²) < 4.78 is 36.1. The number of nitrogens with one attached hydrogen (secondary N) is 2. The van der Waals surface area contributed by atoms with Crippen molar-refractivity contribution < 1.29 is 22.7 Å². The molecule has 9 nitrogen and oxygen atoms in total. The number of hydrogen-bond donors (Lipinski definition) is 2. The standard InChI is InChI=1S/C16H14Cl2N4O5S2/c1-26-8-4-9(27-2)11(18)13(10(8)17)21-16(23)7-5-28-14-12(7)19-6-20-15(14)22-29(3,24)25/h4-6H,1-3H3,(H,21,23)(H,19,20,22). The van der Waals surface area contributed by atoms with E-state index in [1.807, 2.05) is 0 Å². The summed E-state index contributed by atoms with van der Waals surface area (Å²) in [7, 11) is -0.719. The SMILES string of the molecule is COc1cc(OC)c(Cl)c(NC(=O)c2csc3c(NS(C)(=O)=O)ncnc23)c1Cl. The normalized spacial score (nSPS) is 11.3. The average molecular weight is 477 g/mol. The van der Waals surface area contributed by atoms with Gasteiger partial charge in [-0.1, -0.05) is 23.2 Å². The van der Waals surface area contributed by atoms with Gasteiger partial charge in [-0.05, 0) is 0 Å². The number of aromatic nitrogens is 2. The summed E-state index contributed by atoms with van der Waals surface area (Å²) in [4.78, 5) is 20.9. The van der Waals surface area contributed by atoms with Crippen LogP contribution in [0.25, 0.3) is 10.2 Å². The van der Waals surface area contributed by atoms with Gasteiger partial charge in [-0.2, -0.15) is 0 Å². The summed E-state index contributed by atoms with van der Waals surface area (Å²) >= 11 is 13.7. The van der Waals surface area contributed by atoms with Gasteiger partial charge in [-0.25, -0.2) is 18.4 Å². The summed E-state index contributed by atoms with van der Waals surface area (Å²) in [6.07, 6.45) is 2.16. The lowest BCUT2D eigenvalue weighted by molar-refractivity contribution is 0.102. The predicted molar refractivity (Wildman–Crippen MR) is 113 cm³/mol. The minimum absolute atomic E-state index is 0.0839. The van der Waals surface area contributed by atoms with Crippen LogP contribution < -0.4 is 19.5 Å². The molecule has 2 heterocycles. The van der Waals surface area contributed by atoms with Crippen LogP contribution in [-0.4, -0.2) is 44.8 Å². The van der Waals surface area contributed by atoms with Crippen molar-refractivity contribution in [1.29, 1.82) is 0 Å². The number of halogens is 2. The molecule has 0 unspecified atom stereocenters. The van der Waals surface area contributed by atoms with Gasteiger partial charge in [0.15, 0.2) is 5.82 Å². The lowest BCUT2D eigenvalue weighted by Gasteiger charge is -2.15. The zero-order chi connectivity index (χ0) is 21.3. The van der Waals surface area contributed by atoms with Crippen LogP contribution in [0.5, 0.6) is 11.5 Å². The van der Waals surface area contributed by atoms with E-state index >= 15 is 0 Å². The molecule has 154 valence electrons. The van der Waals surface area contributed by atoms with Gasteiger partial charge in [0.2, 0.25) is 10.0 Å². The van der Waals surface area contributed by atoms with Gasteiger partial charge in [-0.3, -0.25) is 9.52 Å². The Bertz CT molecular complexity index is 1190. The van der Waals surface area contributed by atoms with E-state index in [0.717, 1.165) is 23.9 Å². The van der Waals surface area contributed by atoms with Gasteiger partial charge in [-0.15, -0.1) is 11.3 Å². The van der Waals surface area contributed by atoms with Crippen LogP contribution in [0.3, 0.4) is 0 Å². The third-order valence-corrected chi connectivity index (χ3v) is 5.98. The first kappa shape index (κ1) is 21.4. The molecule has 3 aromatic rings. The molecule has 0 aliphatic rings. The van der Waals surface area contributed by atoms with Crippen molar-refractivity contribution >= 4 is 72.2 Å². The smallest absolute Gasteiger partial charge is 0.258 e. The van der Waals surface area contributed by atoms with Gasteiger partial charge in [0.05, 0.1) is 41.9 Å². The molecule has 29 heavy (non-hydrogen) atoms. The van der Waals surface area contributed by atoms with Crippen LogP contribution in [0.15, 0.2) is 17.8 Å². The molecule has 0 atom stereocenters. The molecule has 0 bridgehead atoms. The van der Waals surface area contributed by atoms with Gasteiger partial charge >= 0.3 is 0 Å². The highest BCUT2D eigenvalue weighted by Crippen LogP contribution is 2.44. The molecule has 1 aromatic carbocycles. The number of methoxy groups -OCH3 is 2. The summed E-state index contributed by atoms with van der Waals surface area (Å²) in [6, 6.07) is 1.50. The first-order chi connectivity index (χ1) is 13.7. The number of sulfonamides is 1. The Labute approximate surface area is 180 Å². The van der Waals surface area contributed by atoms with Crippen molar-refractivity contribution in [3.63, 3.8) is 0 Å². The zero-order valence-electron chi connectivity index (χ0n) is 15.2. The van der Waals surface area contributed by atoms with Crippen LogP contribution in [0.2, 0.25) is 10.0 Å². The molecule has 0 fully saturated rings. The molecule has 0 aliphatic carbocycles. The Balaban J connectivity index is 2.03. The van der Waals surface area contributed by atoms with Crippen molar-refractivity contribution in [1.82, 2.24) is 9.97 Å². The lowest BCUT2D eigenvalue weighted by Crippen LogP contribution is -2.14. The van der Waals surface area contributed by atoms with E-state index < -0.39 is 15.9 Å². The predicted octanol–water partition coefficient (Wildman–Crippen LogP) is 3.64. The highest BCUT2D eigenvalue weighted by molar-refractivity contribution is 7.92. The summed E-state index contributed by atoms with van der Waals surface area (Å²) in [6.45, 7) is 0. The van der Waals surface area contributed by atoms with Crippen LogP contribution in [0, 0.1) is 0 Å². The molecule has 0 saturated heterocycles. The minimum atomic E-state index is -3.55. The number of anilines is 2. The van der Waals surface area contributed by atoms with E-state index in [9.17, 15) is 13.2 Å². The lowest BCUT2D eigenvalue weighted by atomic mass is 10.2. The molecule has 0 radical (unpaired) electrons. The van der Waals surface area contributed by atoms with E-state index in [2.05, 4.69) is 20.0 Å². The first-order valence-electron chi connectivity index (χ1n) is 7.77. The number of amides is 1. The molecule has 2 N–H and O–H groups in total. The van der Waals surface area contributed by atoms with E-state index in [4.69, 9.17) is 32.7 Å². The highest BCUT2D eigenvalue weighted by atomic mass is 35.5. The molecule has 1 amide bonds. The van der Waals surface area contributed by atoms with Crippen molar-refractivity contribution in [3.05, 3.63) is 33.4 Å². The molecule has 13 heteroatoms. The number of carbonyl (C=O) groups is 1. The average Bonchev–Trinajstić information content (AvgIpc) is 3.09. The highest BCUT2D eigenvalue weighted by Gasteiger charge is 2.22. The number of benzene rings is 1. The fourth-order valence-corrected chi connectivity index (χ4v) is 4.55. The largest absolute Gasteiger partial charge is 0.495 e. The number of rotatable bonds is 6. The minimum Gasteiger partial charge on any atom is -0.495 e. The Morgan fingerprint density at radius 1 is 1.14 bits per heavy atom. The summed E-state index contributed by atoms with van der Waals surface area (Å²) in [5.41, 5.74) is 0.575. The van der Waals surface area contributed by atoms with E-state index in [1.165, 1.54) is 25.7 Å². The van der Waals surface area contributed by atoms with Crippen molar-refractivity contribution in [2.24, 2.45) is 0 Å². The molecule has 0 spiro atoms. The van der Waals surface area contributed by atoms with Gasteiger partial charge in [0.1, 0.15) is 27.9 Å². The molecule has 0 saturated carbocycles. The Kier molecular flexibility index (Phi) is 6.03. The quantitative estimate of drug-likeness (QED) is 0.556. The molecule has 0 aliphatic heterocycles. The van der Waals surface area contributed by atoms with Crippen molar-refractivity contribution in [2.75, 3.05) is 30.5 Å². The van der Waals surface area contributed by atoms with E-state index in [1.54, 1.807) is 0 Å². The van der Waals surface area contributed by atoms with Crippen molar-refractivity contribution in [2.45, 2.75) is 0 Å². The second-order valence-corrected chi connectivity index (χ2v) is 9.05. The van der Waals surface area contributed by atoms with Crippen LogP contribution >= 0.6 is 34.5 Å². The third kappa shape index (κ3) is 4.32. The maximum atomic E-state index is 12.9. The second kappa shape index (κ2) is 8.19. The van der Waals surface area contributed by atoms with Gasteiger partial charge in [0.25, 0.3) is 5.91 Å². The van der Waals surface area contributed by atoms with Crippen LogP contribution in [0.4, 0.5) is 11.5 Å². The summed E-state index contributed by atoms with van der Waals surface area (Å²) in [5, 5.41) is 4.36. The van der Waals surface area contributed by atoms with Gasteiger partial charge in [0, 0.05) is 11.4 Å². The number of carbonyl (C=O) groups excluding carboxylic acids is 1. The molecular weight excluding hydrogens is 463 g/mol. The van der Waals surface area contributed by atoms with E-state index in [-0.39, 0.29) is 44.1 Å². The number of ether oxygens (including phenoxy) is 2. The Hall–Kier alpha value is -2.34. The van der Waals surface area contributed by atoms with E-state index in [0.29, 0.717) is 4.70 Å². The maximum absolute atomic E-state index is 12.9. The maximum Gasteiger partial charge on any atom is 0.258 e. The number of thiophene rings is 1. The monoisotopic (exact) mass is 476 g/mol. The second-order valence-electron chi connectivity index (χ2n) is 5.66. The number of nitrogens with zero attached hydrogens (tertiary/aromatic N) is 2. The number of hydrogen-bond acceptors (Lipinski definition) is 8. The van der Waals surface area contributed by atoms with Crippen LogP contribution in [0.1, 0.15) is 10.4 Å². The molecule has 3 rings (SSSR count). The van der Waals surface area contributed by atoms with Gasteiger partial charge < -0.3 is 14.8 Å². The van der Waals surface area contributed by atoms with Crippen LogP contribution in [-0.2, 0) is 10.0 Å². The molecule has 2 aromatic heterocycles. The molecular formula is C16H14Cl2N4O5S2. The number of fused-ring (bicyclic) bond motifs is 1. The topological polar surface area (TPSA) is 120 Å². The zero-order valence-corrected chi connectivity index (χ0v) is 18.4. The fraction of sp³-hybridized carbons (Fsp3) is 0.188. The Morgan fingerprint density at radius 2 is 1.76 bits per heavy atom. The fourth-order valence-electron chi connectivity index (χ4n) is 2.44. The third-order valence-electron chi connectivity index (χ3n) is 3.69. The summed E-state index contributed by atoms with van der Waals surface area (Å²) in [5.74, 6) is 0.0562. The van der Waals surface area contributed by atoms with Crippen molar-refractivity contribution in [3.8, 4) is 11.5 Å².